The van der Waals surface area contributed by atoms with Crippen LogP contribution in [0.5, 0.6) is 0 Å². The van der Waals surface area contributed by atoms with E-state index in [4.69, 9.17) is 4.42 Å². The Morgan fingerprint density at radius 1 is 1.16 bits per heavy atom. The van der Waals surface area contributed by atoms with E-state index in [0.29, 0.717) is 18.4 Å². The van der Waals surface area contributed by atoms with Gasteiger partial charge in [0.05, 0.1) is 24.0 Å². The lowest BCUT2D eigenvalue weighted by Gasteiger charge is -2.18. The van der Waals surface area contributed by atoms with Crippen LogP contribution in [0.3, 0.4) is 0 Å². The second-order valence-electron chi connectivity index (χ2n) is 7.35. The minimum atomic E-state index is 0. The van der Waals surface area contributed by atoms with Gasteiger partial charge in [-0.05, 0) is 49.7 Å². The third kappa shape index (κ3) is 5.76. The highest BCUT2D eigenvalue weighted by Crippen LogP contribution is 2.19. The maximum Gasteiger partial charge on any atom is 0.226 e. The molecule has 2 N–H and O–H groups in total. The maximum atomic E-state index is 5.64. The van der Waals surface area contributed by atoms with E-state index in [1.165, 1.54) is 5.56 Å². The molecule has 0 saturated heterocycles. The molecule has 0 spiro atoms. The van der Waals surface area contributed by atoms with Crippen molar-refractivity contribution in [2.75, 3.05) is 7.05 Å². The van der Waals surface area contributed by atoms with Crippen LogP contribution in [-0.2, 0) is 6.54 Å². The number of nitrogens with one attached hydrogen (secondary N) is 2. The van der Waals surface area contributed by atoms with Crippen molar-refractivity contribution in [3.63, 3.8) is 0 Å². The first kappa shape index (κ1) is 23.5. The lowest BCUT2D eigenvalue weighted by molar-refractivity contribution is 0.572. The number of halogens is 1. The number of aromatic nitrogens is 3. The Morgan fingerprint density at radius 2 is 1.97 bits per heavy atom. The Hall–Kier alpha value is -3.14. The van der Waals surface area contributed by atoms with E-state index in [0.717, 1.165) is 22.5 Å². The summed E-state index contributed by atoms with van der Waals surface area (Å²) >= 11 is 0. The lowest BCUT2D eigenvalue weighted by atomic mass is 10.1. The van der Waals surface area contributed by atoms with Crippen LogP contribution >= 0.6 is 24.0 Å². The predicted molar refractivity (Wildman–Crippen MR) is 137 cm³/mol. The number of hydrogen-bond donors (Lipinski definition) is 2. The van der Waals surface area contributed by atoms with Crippen LogP contribution in [0.2, 0.25) is 0 Å². The lowest BCUT2D eigenvalue weighted by Crippen LogP contribution is -2.38. The van der Waals surface area contributed by atoms with Crippen LogP contribution in [-0.4, -0.2) is 27.8 Å². The fraction of sp³-hybridized carbons (Fsp3) is 0.208. The van der Waals surface area contributed by atoms with Gasteiger partial charge in [-0.15, -0.1) is 24.0 Å². The van der Waals surface area contributed by atoms with Gasteiger partial charge in [-0.1, -0.05) is 29.8 Å². The molecule has 0 bridgehead atoms. The predicted octanol–water partition coefficient (Wildman–Crippen LogP) is 4.88. The molecular formula is C24H27IN6O. The van der Waals surface area contributed by atoms with Gasteiger partial charge >= 0.3 is 0 Å². The maximum absolute atomic E-state index is 5.64. The number of aliphatic imine (C=N–C) groups is 1. The Kier molecular flexibility index (Phi) is 8.04. The van der Waals surface area contributed by atoms with Gasteiger partial charge in [0.1, 0.15) is 6.26 Å². The van der Waals surface area contributed by atoms with Crippen molar-refractivity contribution < 1.29 is 4.42 Å². The molecule has 4 rings (SSSR count). The number of rotatable bonds is 6. The van der Waals surface area contributed by atoms with Crippen LogP contribution in [0.15, 0.2) is 82.7 Å². The molecule has 0 radical (unpaired) electrons. The van der Waals surface area contributed by atoms with Gasteiger partial charge in [0, 0.05) is 25.0 Å². The molecule has 0 aliphatic carbocycles. The van der Waals surface area contributed by atoms with Gasteiger partial charge in [-0.2, -0.15) is 5.10 Å². The van der Waals surface area contributed by atoms with Crippen molar-refractivity contribution in [3.05, 3.63) is 90.1 Å². The molecule has 0 aliphatic heterocycles. The van der Waals surface area contributed by atoms with Crippen molar-refractivity contribution in [2.24, 2.45) is 4.99 Å². The van der Waals surface area contributed by atoms with Crippen molar-refractivity contribution in [3.8, 4) is 17.1 Å². The van der Waals surface area contributed by atoms with Crippen molar-refractivity contribution in [1.29, 1.82) is 0 Å². The van der Waals surface area contributed by atoms with Crippen LogP contribution in [0.25, 0.3) is 17.1 Å². The molecule has 1 unspecified atom stereocenters. The SMILES string of the molecule is CN=C(NCc1coc(-c2ccc(C)cc2)n1)NC(C)c1cccc(-n2cccn2)c1.I. The van der Waals surface area contributed by atoms with E-state index >= 15 is 0 Å². The van der Waals surface area contributed by atoms with E-state index in [1.807, 2.05) is 53.3 Å². The van der Waals surface area contributed by atoms with Gasteiger partial charge < -0.3 is 15.1 Å². The number of oxazole rings is 1. The summed E-state index contributed by atoms with van der Waals surface area (Å²) in [5.41, 5.74) is 5.14. The first-order valence-corrected chi connectivity index (χ1v) is 10.2. The quantitative estimate of drug-likeness (QED) is 0.206. The molecule has 2 aromatic carbocycles. The Morgan fingerprint density at radius 3 is 2.69 bits per heavy atom. The van der Waals surface area contributed by atoms with Crippen LogP contribution in [0.4, 0.5) is 0 Å². The zero-order valence-electron chi connectivity index (χ0n) is 18.3. The molecule has 8 heteroatoms. The smallest absolute Gasteiger partial charge is 0.226 e. The normalized spacial score (nSPS) is 12.2. The van der Waals surface area contributed by atoms with Gasteiger partial charge in [0.25, 0.3) is 0 Å². The molecule has 0 amide bonds. The summed E-state index contributed by atoms with van der Waals surface area (Å²) in [5.74, 6) is 1.31. The summed E-state index contributed by atoms with van der Waals surface area (Å²) in [6, 6.07) is 18.4. The summed E-state index contributed by atoms with van der Waals surface area (Å²) in [5, 5.41) is 11.0. The zero-order chi connectivity index (χ0) is 21.6. The van der Waals surface area contributed by atoms with Crippen LogP contribution < -0.4 is 10.6 Å². The highest BCUT2D eigenvalue weighted by atomic mass is 127. The minimum absolute atomic E-state index is 0. The highest BCUT2D eigenvalue weighted by Gasteiger charge is 2.11. The Bertz CT molecular complexity index is 1150. The van der Waals surface area contributed by atoms with Crippen molar-refractivity contribution >= 4 is 29.9 Å². The number of hydrogen-bond acceptors (Lipinski definition) is 4. The molecule has 166 valence electrons. The third-order valence-corrected chi connectivity index (χ3v) is 5.00. The number of nitrogens with zero attached hydrogens (tertiary/aromatic N) is 4. The molecule has 0 saturated carbocycles. The van der Waals surface area contributed by atoms with E-state index in [-0.39, 0.29) is 30.0 Å². The second-order valence-corrected chi connectivity index (χ2v) is 7.35. The highest BCUT2D eigenvalue weighted by molar-refractivity contribution is 14.0. The summed E-state index contributed by atoms with van der Waals surface area (Å²) in [6.45, 7) is 4.66. The monoisotopic (exact) mass is 542 g/mol. The summed E-state index contributed by atoms with van der Waals surface area (Å²) in [7, 11) is 1.75. The summed E-state index contributed by atoms with van der Waals surface area (Å²) < 4.78 is 7.48. The van der Waals surface area contributed by atoms with Crippen LogP contribution in [0.1, 0.15) is 29.8 Å². The average molecular weight is 542 g/mol. The molecule has 0 aliphatic rings. The minimum Gasteiger partial charge on any atom is -0.444 e. The fourth-order valence-electron chi connectivity index (χ4n) is 3.23. The molecule has 1 atom stereocenters. The first-order valence-electron chi connectivity index (χ1n) is 10.2. The second kappa shape index (κ2) is 10.9. The van der Waals surface area contributed by atoms with Gasteiger partial charge in [0.2, 0.25) is 5.89 Å². The summed E-state index contributed by atoms with van der Waals surface area (Å²) in [6.07, 6.45) is 5.38. The molecule has 4 aromatic rings. The molecular weight excluding hydrogens is 515 g/mol. The average Bonchev–Trinajstić information content (AvgIpc) is 3.49. The molecule has 0 fully saturated rings. The Labute approximate surface area is 205 Å². The number of benzene rings is 2. The molecule has 2 heterocycles. The fourth-order valence-corrected chi connectivity index (χ4v) is 3.23. The van der Waals surface area contributed by atoms with E-state index in [1.54, 1.807) is 19.5 Å². The molecule has 2 aromatic heterocycles. The van der Waals surface area contributed by atoms with E-state index < -0.39 is 0 Å². The Balaban J connectivity index is 0.00000289. The largest absolute Gasteiger partial charge is 0.444 e. The van der Waals surface area contributed by atoms with Gasteiger partial charge in [-0.25, -0.2) is 9.67 Å². The third-order valence-electron chi connectivity index (χ3n) is 5.00. The number of guanidine groups is 1. The number of aryl methyl sites for hydroxylation is 1. The molecule has 7 nitrogen and oxygen atoms in total. The van der Waals surface area contributed by atoms with Crippen LogP contribution in [0, 0.1) is 6.92 Å². The van der Waals surface area contributed by atoms with Gasteiger partial charge in [-0.3, -0.25) is 4.99 Å². The first-order chi connectivity index (χ1) is 15.1. The molecule has 32 heavy (non-hydrogen) atoms. The van der Waals surface area contributed by atoms with Crippen molar-refractivity contribution in [1.82, 2.24) is 25.4 Å². The van der Waals surface area contributed by atoms with Crippen molar-refractivity contribution in [2.45, 2.75) is 26.4 Å². The summed E-state index contributed by atoms with van der Waals surface area (Å²) in [4.78, 5) is 8.91. The standard InChI is InChI=1S/C24H26N6O.HI/c1-17-8-10-19(11-9-17)23-29-21(16-31-23)15-26-24(25-3)28-18(2)20-6-4-7-22(14-20)30-13-5-12-27-30;/h4-14,16,18H,15H2,1-3H3,(H2,25,26,28);1H. The van der Waals surface area contributed by atoms with E-state index in [9.17, 15) is 0 Å². The zero-order valence-corrected chi connectivity index (χ0v) is 20.6. The van der Waals surface area contributed by atoms with Gasteiger partial charge in [0.15, 0.2) is 5.96 Å². The topological polar surface area (TPSA) is 80.3 Å². The van der Waals surface area contributed by atoms with E-state index in [2.05, 4.69) is 51.7 Å².